The fourth-order valence-corrected chi connectivity index (χ4v) is 1.32. The SMILES string of the molecule is C=C(C(=O)OC)c1cc(Cl)ccc1OC. The Labute approximate surface area is 93.3 Å². The normalized spacial score (nSPS) is 9.53. The first-order valence-corrected chi connectivity index (χ1v) is 4.59. The second kappa shape index (κ2) is 4.84. The molecular weight excluding hydrogens is 216 g/mol. The molecule has 1 aromatic rings. The Morgan fingerprint density at radius 3 is 2.60 bits per heavy atom. The van der Waals surface area contributed by atoms with E-state index in [0.717, 1.165) is 0 Å². The number of hydrogen-bond acceptors (Lipinski definition) is 3. The molecule has 0 aliphatic heterocycles. The van der Waals surface area contributed by atoms with E-state index in [9.17, 15) is 4.79 Å². The molecular formula is C11H11ClO3. The number of esters is 1. The van der Waals surface area contributed by atoms with Crippen LogP contribution in [0.5, 0.6) is 5.75 Å². The van der Waals surface area contributed by atoms with Gasteiger partial charge in [-0.3, -0.25) is 0 Å². The minimum absolute atomic E-state index is 0.219. The van der Waals surface area contributed by atoms with Crippen molar-refractivity contribution in [2.24, 2.45) is 0 Å². The van der Waals surface area contributed by atoms with Crippen LogP contribution in [-0.2, 0) is 9.53 Å². The lowest BCUT2D eigenvalue weighted by molar-refractivity contribution is -0.133. The summed E-state index contributed by atoms with van der Waals surface area (Å²) in [5.41, 5.74) is 0.758. The molecule has 1 aromatic carbocycles. The number of hydrogen-bond donors (Lipinski definition) is 0. The quantitative estimate of drug-likeness (QED) is 0.587. The van der Waals surface area contributed by atoms with Gasteiger partial charge in [0.1, 0.15) is 5.75 Å². The Morgan fingerprint density at radius 1 is 1.40 bits per heavy atom. The Morgan fingerprint density at radius 2 is 2.07 bits per heavy atom. The highest BCUT2D eigenvalue weighted by Crippen LogP contribution is 2.28. The number of benzene rings is 1. The average Bonchev–Trinajstić information content (AvgIpc) is 2.27. The average molecular weight is 227 g/mol. The third-order valence-corrected chi connectivity index (χ3v) is 2.15. The number of ether oxygens (including phenoxy) is 2. The molecule has 0 radical (unpaired) electrons. The van der Waals surface area contributed by atoms with E-state index in [-0.39, 0.29) is 5.57 Å². The van der Waals surface area contributed by atoms with Crippen molar-refractivity contribution in [1.82, 2.24) is 0 Å². The molecule has 0 saturated heterocycles. The summed E-state index contributed by atoms with van der Waals surface area (Å²) in [6.45, 7) is 3.63. The van der Waals surface area contributed by atoms with Gasteiger partial charge in [0.2, 0.25) is 0 Å². The highest BCUT2D eigenvalue weighted by atomic mass is 35.5. The molecule has 15 heavy (non-hydrogen) atoms. The van der Waals surface area contributed by atoms with Gasteiger partial charge in [0, 0.05) is 10.6 Å². The van der Waals surface area contributed by atoms with Crippen LogP contribution >= 0.6 is 11.6 Å². The fraction of sp³-hybridized carbons (Fsp3) is 0.182. The molecule has 0 bridgehead atoms. The maximum Gasteiger partial charge on any atom is 0.337 e. The molecule has 0 heterocycles. The van der Waals surface area contributed by atoms with Crippen LogP contribution in [0.15, 0.2) is 24.8 Å². The van der Waals surface area contributed by atoms with E-state index >= 15 is 0 Å². The fourth-order valence-electron chi connectivity index (χ4n) is 1.15. The van der Waals surface area contributed by atoms with Crippen LogP contribution < -0.4 is 4.74 Å². The lowest BCUT2D eigenvalue weighted by Crippen LogP contribution is -2.04. The summed E-state index contributed by atoms with van der Waals surface area (Å²) in [6.07, 6.45) is 0. The van der Waals surface area contributed by atoms with E-state index in [1.54, 1.807) is 18.2 Å². The topological polar surface area (TPSA) is 35.5 Å². The van der Waals surface area contributed by atoms with Crippen molar-refractivity contribution >= 4 is 23.1 Å². The van der Waals surface area contributed by atoms with E-state index in [1.807, 2.05) is 0 Å². The van der Waals surface area contributed by atoms with Crippen LogP contribution in [0.25, 0.3) is 5.57 Å². The first kappa shape index (κ1) is 11.6. The van der Waals surface area contributed by atoms with Gasteiger partial charge in [-0.25, -0.2) is 4.79 Å². The van der Waals surface area contributed by atoms with E-state index in [2.05, 4.69) is 11.3 Å². The molecule has 1 rings (SSSR count). The minimum atomic E-state index is -0.504. The summed E-state index contributed by atoms with van der Waals surface area (Å²) in [4.78, 5) is 11.3. The molecule has 0 atom stereocenters. The van der Waals surface area contributed by atoms with Gasteiger partial charge < -0.3 is 9.47 Å². The highest BCUT2D eigenvalue weighted by Gasteiger charge is 2.14. The molecule has 0 spiro atoms. The molecule has 3 nitrogen and oxygen atoms in total. The zero-order chi connectivity index (χ0) is 11.4. The molecule has 0 saturated carbocycles. The zero-order valence-corrected chi connectivity index (χ0v) is 9.30. The van der Waals surface area contributed by atoms with Gasteiger partial charge in [-0.2, -0.15) is 0 Å². The Hall–Kier alpha value is -1.48. The summed E-state index contributed by atoms with van der Waals surface area (Å²) in [5.74, 6) is 0.0327. The van der Waals surface area contributed by atoms with Crippen molar-refractivity contribution in [3.8, 4) is 5.75 Å². The monoisotopic (exact) mass is 226 g/mol. The third-order valence-electron chi connectivity index (χ3n) is 1.92. The van der Waals surface area contributed by atoms with Crippen LogP contribution in [0.1, 0.15) is 5.56 Å². The van der Waals surface area contributed by atoms with Crippen molar-refractivity contribution < 1.29 is 14.3 Å². The largest absolute Gasteiger partial charge is 0.496 e. The van der Waals surface area contributed by atoms with Gasteiger partial charge >= 0.3 is 5.97 Å². The molecule has 0 N–H and O–H groups in total. The smallest absolute Gasteiger partial charge is 0.337 e. The van der Waals surface area contributed by atoms with Crippen molar-refractivity contribution in [2.45, 2.75) is 0 Å². The Balaban J connectivity index is 3.17. The summed E-state index contributed by atoms with van der Waals surface area (Å²) < 4.78 is 9.66. The number of rotatable bonds is 3. The predicted octanol–water partition coefficient (Wildman–Crippen LogP) is 2.53. The van der Waals surface area contributed by atoms with Gasteiger partial charge in [-0.1, -0.05) is 18.2 Å². The third kappa shape index (κ3) is 2.50. The van der Waals surface area contributed by atoms with Crippen LogP contribution in [0.3, 0.4) is 0 Å². The van der Waals surface area contributed by atoms with Crippen molar-refractivity contribution in [2.75, 3.05) is 14.2 Å². The predicted molar refractivity (Wildman–Crippen MR) is 59.1 cm³/mol. The molecule has 0 fully saturated rings. The van der Waals surface area contributed by atoms with Gasteiger partial charge in [0.05, 0.1) is 19.8 Å². The van der Waals surface area contributed by atoms with Gasteiger partial charge in [0.15, 0.2) is 0 Å². The Kier molecular flexibility index (Phi) is 3.74. The van der Waals surface area contributed by atoms with Crippen LogP contribution in [0.4, 0.5) is 0 Å². The maximum absolute atomic E-state index is 11.3. The second-order valence-corrected chi connectivity index (χ2v) is 3.25. The molecule has 0 aromatic heterocycles. The first-order chi connectivity index (χ1) is 7.10. The van der Waals surface area contributed by atoms with Crippen molar-refractivity contribution in [3.05, 3.63) is 35.4 Å². The van der Waals surface area contributed by atoms with E-state index in [0.29, 0.717) is 16.3 Å². The molecule has 0 amide bonds. The van der Waals surface area contributed by atoms with Crippen LogP contribution in [-0.4, -0.2) is 20.2 Å². The van der Waals surface area contributed by atoms with Crippen LogP contribution in [0, 0.1) is 0 Å². The Bertz CT molecular complexity index is 399. The first-order valence-electron chi connectivity index (χ1n) is 4.21. The van der Waals surface area contributed by atoms with Crippen molar-refractivity contribution in [1.29, 1.82) is 0 Å². The van der Waals surface area contributed by atoms with E-state index in [4.69, 9.17) is 16.3 Å². The summed E-state index contributed by atoms with van der Waals surface area (Å²) in [6, 6.07) is 4.96. The van der Waals surface area contributed by atoms with Crippen LogP contribution in [0.2, 0.25) is 5.02 Å². The summed E-state index contributed by atoms with van der Waals surface area (Å²) in [7, 11) is 2.81. The maximum atomic E-state index is 11.3. The standard InChI is InChI=1S/C11H11ClO3/c1-7(11(13)15-3)9-6-8(12)4-5-10(9)14-2/h4-6H,1H2,2-3H3. The van der Waals surface area contributed by atoms with Gasteiger partial charge in [-0.05, 0) is 18.2 Å². The lowest BCUT2D eigenvalue weighted by atomic mass is 10.1. The van der Waals surface area contributed by atoms with E-state index in [1.165, 1.54) is 14.2 Å². The molecule has 80 valence electrons. The number of carbonyl (C=O) groups is 1. The zero-order valence-electron chi connectivity index (χ0n) is 8.54. The van der Waals surface area contributed by atoms with Crippen molar-refractivity contribution in [3.63, 3.8) is 0 Å². The highest BCUT2D eigenvalue weighted by molar-refractivity contribution is 6.31. The number of halogens is 1. The molecule has 0 unspecified atom stereocenters. The molecule has 0 aliphatic rings. The summed E-state index contributed by atoms with van der Waals surface area (Å²) >= 11 is 5.82. The number of carbonyl (C=O) groups excluding carboxylic acids is 1. The second-order valence-electron chi connectivity index (χ2n) is 2.81. The molecule has 0 aliphatic carbocycles. The van der Waals surface area contributed by atoms with E-state index < -0.39 is 5.97 Å². The summed E-state index contributed by atoms with van der Waals surface area (Å²) in [5, 5.41) is 0.510. The number of methoxy groups -OCH3 is 2. The van der Waals surface area contributed by atoms with Gasteiger partial charge in [-0.15, -0.1) is 0 Å². The van der Waals surface area contributed by atoms with Gasteiger partial charge in [0.25, 0.3) is 0 Å². The molecule has 4 heteroatoms. The lowest BCUT2D eigenvalue weighted by Gasteiger charge is -2.09. The minimum Gasteiger partial charge on any atom is -0.496 e.